The predicted molar refractivity (Wildman–Crippen MR) is 87.3 cm³/mol. The zero-order chi connectivity index (χ0) is 13.7. The Balaban J connectivity index is 0.00000200. The SMILES string of the molecule is CC(NC(=O)CCc1ccccc1N)c1cccs1.Cl. The molecule has 1 aromatic heterocycles. The molecule has 2 rings (SSSR count). The van der Waals surface area contributed by atoms with Gasteiger partial charge in [-0.2, -0.15) is 0 Å². The first-order valence-corrected chi connectivity index (χ1v) is 7.21. The smallest absolute Gasteiger partial charge is 0.220 e. The van der Waals surface area contributed by atoms with Gasteiger partial charge < -0.3 is 11.1 Å². The molecule has 1 aromatic carbocycles. The number of halogens is 1. The Morgan fingerprint density at radius 3 is 2.70 bits per heavy atom. The number of benzene rings is 1. The Hall–Kier alpha value is -1.52. The summed E-state index contributed by atoms with van der Waals surface area (Å²) in [5, 5.41) is 5.02. The van der Waals surface area contributed by atoms with Crippen molar-refractivity contribution in [1.82, 2.24) is 5.32 Å². The third-order valence-corrected chi connectivity index (χ3v) is 4.08. The number of rotatable bonds is 5. The number of hydrogen-bond acceptors (Lipinski definition) is 3. The number of nitrogens with one attached hydrogen (secondary N) is 1. The van der Waals surface area contributed by atoms with Crippen LogP contribution in [0.4, 0.5) is 5.69 Å². The largest absolute Gasteiger partial charge is 0.399 e. The lowest BCUT2D eigenvalue weighted by molar-refractivity contribution is -0.121. The molecule has 1 unspecified atom stereocenters. The topological polar surface area (TPSA) is 55.1 Å². The monoisotopic (exact) mass is 310 g/mol. The molecular weight excluding hydrogens is 292 g/mol. The average molecular weight is 311 g/mol. The van der Waals surface area contributed by atoms with E-state index in [4.69, 9.17) is 5.73 Å². The first kappa shape index (κ1) is 16.5. The van der Waals surface area contributed by atoms with Crippen LogP contribution in [-0.4, -0.2) is 5.91 Å². The summed E-state index contributed by atoms with van der Waals surface area (Å²) in [5.41, 5.74) is 7.64. The lowest BCUT2D eigenvalue weighted by Crippen LogP contribution is -2.26. The quantitative estimate of drug-likeness (QED) is 0.830. The fourth-order valence-electron chi connectivity index (χ4n) is 1.93. The molecule has 1 atom stereocenters. The molecule has 108 valence electrons. The first-order valence-electron chi connectivity index (χ1n) is 6.33. The number of aryl methyl sites for hydroxylation is 1. The zero-order valence-corrected chi connectivity index (χ0v) is 13.0. The summed E-state index contributed by atoms with van der Waals surface area (Å²) < 4.78 is 0. The van der Waals surface area contributed by atoms with Gasteiger partial charge in [-0.15, -0.1) is 23.7 Å². The van der Waals surface area contributed by atoms with Crippen molar-refractivity contribution < 1.29 is 4.79 Å². The van der Waals surface area contributed by atoms with Crippen LogP contribution in [0.1, 0.15) is 29.8 Å². The highest BCUT2D eigenvalue weighted by Crippen LogP contribution is 2.18. The van der Waals surface area contributed by atoms with Crippen LogP contribution in [0, 0.1) is 0 Å². The molecule has 3 nitrogen and oxygen atoms in total. The highest BCUT2D eigenvalue weighted by Gasteiger charge is 2.10. The van der Waals surface area contributed by atoms with E-state index in [9.17, 15) is 4.79 Å². The predicted octanol–water partition coefficient (Wildman–Crippen LogP) is 3.56. The van der Waals surface area contributed by atoms with Gasteiger partial charge in [-0.1, -0.05) is 24.3 Å². The van der Waals surface area contributed by atoms with Crippen LogP contribution in [0.2, 0.25) is 0 Å². The second-order valence-corrected chi connectivity index (χ2v) is 5.48. The van der Waals surface area contributed by atoms with Crippen LogP contribution in [0.15, 0.2) is 41.8 Å². The molecule has 1 amide bonds. The maximum absolute atomic E-state index is 11.9. The highest BCUT2D eigenvalue weighted by molar-refractivity contribution is 7.10. The van der Waals surface area contributed by atoms with Gasteiger partial charge in [-0.05, 0) is 36.4 Å². The van der Waals surface area contributed by atoms with Gasteiger partial charge in [0.05, 0.1) is 6.04 Å². The summed E-state index contributed by atoms with van der Waals surface area (Å²) >= 11 is 1.66. The Kier molecular flexibility index (Phi) is 6.55. The Labute approximate surface area is 129 Å². The van der Waals surface area contributed by atoms with E-state index in [-0.39, 0.29) is 24.4 Å². The summed E-state index contributed by atoms with van der Waals surface area (Å²) in [6.45, 7) is 2.00. The van der Waals surface area contributed by atoms with Crippen molar-refractivity contribution in [1.29, 1.82) is 0 Å². The standard InChI is InChI=1S/C15H18N2OS.ClH/c1-11(14-7-4-10-19-14)17-15(18)9-8-12-5-2-3-6-13(12)16;/h2-7,10-11H,8-9,16H2,1H3,(H,17,18);1H. The molecule has 0 aliphatic carbocycles. The molecule has 0 saturated carbocycles. The summed E-state index contributed by atoms with van der Waals surface area (Å²) in [7, 11) is 0. The molecule has 0 fully saturated rings. The van der Waals surface area contributed by atoms with E-state index >= 15 is 0 Å². The van der Waals surface area contributed by atoms with E-state index < -0.39 is 0 Å². The summed E-state index contributed by atoms with van der Waals surface area (Å²) in [5.74, 6) is 0.0594. The van der Waals surface area contributed by atoms with Crippen LogP contribution in [0.5, 0.6) is 0 Å². The van der Waals surface area contributed by atoms with Crippen LogP contribution in [0.25, 0.3) is 0 Å². The minimum absolute atomic E-state index is 0. The van der Waals surface area contributed by atoms with E-state index in [1.165, 1.54) is 4.88 Å². The van der Waals surface area contributed by atoms with Crippen molar-refractivity contribution >= 4 is 35.3 Å². The van der Waals surface area contributed by atoms with Crippen molar-refractivity contribution in [2.45, 2.75) is 25.8 Å². The number of nitrogen functional groups attached to an aromatic ring is 1. The molecule has 0 bridgehead atoms. The second kappa shape index (κ2) is 7.92. The Morgan fingerprint density at radius 2 is 2.05 bits per heavy atom. The maximum Gasteiger partial charge on any atom is 0.220 e. The molecule has 0 aliphatic rings. The van der Waals surface area contributed by atoms with Gasteiger partial charge in [-0.3, -0.25) is 4.79 Å². The van der Waals surface area contributed by atoms with E-state index in [2.05, 4.69) is 5.32 Å². The van der Waals surface area contributed by atoms with Crippen molar-refractivity contribution in [3.63, 3.8) is 0 Å². The van der Waals surface area contributed by atoms with Crippen LogP contribution in [0.3, 0.4) is 0 Å². The molecule has 0 radical (unpaired) electrons. The number of anilines is 1. The van der Waals surface area contributed by atoms with Gasteiger partial charge in [-0.25, -0.2) is 0 Å². The van der Waals surface area contributed by atoms with E-state index in [1.54, 1.807) is 11.3 Å². The third kappa shape index (κ3) is 4.54. The molecule has 20 heavy (non-hydrogen) atoms. The summed E-state index contributed by atoms with van der Waals surface area (Å²) in [4.78, 5) is 13.1. The molecule has 2 aromatic rings. The highest BCUT2D eigenvalue weighted by atomic mass is 35.5. The van der Waals surface area contributed by atoms with Crippen molar-refractivity contribution in [3.05, 3.63) is 52.2 Å². The number of nitrogens with two attached hydrogens (primary N) is 1. The molecule has 1 heterocycles. The number of carbonyl (C=O) groups is 1. The van der Waals surface area contributed by atoms with Gasteiger partial charge in [0, 0.05) is 17.0 Å². The molecule has 0 spiro atoms. The lowest BCUT2D eigenvalue weighted by atomic mass is 10.1. The van der Waals surface area contributed by atoms with Gasteiger partial charge in [0.1, 0.15) is 0 Å². The number of amides is 1. The molecule has 0 aliphatic heterocycles. The first-order chi connectivity index (χ1) is 9.16. The van der Waals surface area contributed by atoms with Gasteiger partial charge in [0.25, 0.3) is 0 Å². The summed E-state index contributed by atoms with van der Waals surface area (Å²) in [6.07, 6.45) is 1.14. The number of hydrogen-bond donors (Lipinski definition) is 2. The minimum Gasteiger partial charge on any atom is -0.399 e. The van der Waals surface area contributed by atoms with E-state index in [0.717, 1.165) is 11.3 Å². The average Bonchev–Trinajstić information content (AvgIpc) is 2.91. The Bertz CT molecular complexity index is 543. The maximum atomic E-state index is 11.9. The molecular formula is C15H19ClN2OS. The number of thiophene rings is 1. The van der Waals surface area contributed by atoms with Crippen molar-refractivity contribution in [2.75, 3.05) is 5.73 Å². The second-order valence-electron chi connectivity index (χ2n) is 4.50. The third-order valence-electron chi connectivity index (χ3n) is 3.02. The van der Waals surface area contributed by atoms with Crippen molar-refractivity contribution in [3.8, 4) is 0 Å². The fraction of sp³-hybridized carbons (Fsp3) is 0.267. The van der Waals surface area contributed by atoms with Crippen LogP contribution in [-0.2, 0) is 11.2 Å². The van der Waals surface area contributed by atoms with Crippen molar-refractivity contribution in [2.24, 2.45) is 0 Å². The fourth-order valence-corrected chi connectivity index (χ4v) is 2.67. The number of carbonyl (C=O) groups excluding carboxylic acids is 1. The molecule has 0 saturated heterocycles. The lowest BCUT2D eigenvalue weighted by Gasteiger charge is -2.12. The van der Waals surface area contributed by atoms with Crippen LogP contribution >= 0.6 is 23.7 Å². The van der Waals surface area contributed by atoms with Gasteiger partial charge in [0.15, 0.2) is 0 Å². The molecule has 3 N–H and O–H groups in total. The van der Waals surface area contributed by atoms with Gasteiger partial charge >= 0.3 is 0 Å². The van der Waals surface area contributed by atoms with E-state index in [1.807, 2.05) is 48.7 Å². The normalized spacial score (nSPS) is 11.4. The number of para-hydroxylation sites is 1. The van der Waals surface area contributed by atoms with E-state index in [0.29, 0.717) is 12.8 Å². The Morgan fingerprint density at radius 1 is 1.30 bits per heavy atom. The van der Waals surface area contributed by atoms with Crippen LogP contribution < -0.4 is 11.1 Å². The zero-order valence-electron chi connectivity index (χ0n) is 11.3. The van der Waals surface area contributed by atoms with Gasteiger partial charge in [0.2, 0.25) is 5.91 Å². The molecule has 5 heteroatoms. The minimum atomic E-state index is 0. The summed E-state index contributed by atoms with van der Waals surface area (Å²) in [6, 6.07) is 11.8.